The second-order valence-corrected chi connectivity index (χ2v) is 5.32. The van der Waals surface area contributed by atoms with E-state index in [0.29, 0.717) is 6.54 Å². The minimum absolute atomic E-state index is 0.0438. The maximum atomic E-state index is 13.7. The molecule has 116 valence electrons. The molecule has 0 unspecified atom stereocenters. The van der Waals surface area contributed by atoms with E-state index in [4.69, 9.17) is 4.74 Å². The van der Waals surface area contributed by atoms with E-state index >= 15 is 0 Å². The van der Waals surface area contributed by atoms with Gasteiger partial charge in [0.2, 0.25) is 0 Å². The lowest BCUT2D eigenvalue weighted by atomic mass is 10.1. The first-order chi connectivity index (χ1) is 9.93. The number of carbonyl (C=O) groups is 1. The van der Waals surface area contributed by atoms with Crippen LogP contribution in [0.5, 0.6) is 5.75 Å². The van der Waals surface area contributed by atoms with Crippen molar-refractivity contribution >= 4 is 11.9 Å². The van der Waals surface area contributed by atoms with Crippen LogP contribution in [0.25, 0.3) is 6.08 Å². The lowest BCUT2D eigenvalue weighted by Crippen LogP contribution is -2.28. The van der Waals surface area contributed by atoms with Crippen molar-refractivity contribution in [2.75, 3.05) is 13.1 Å². The second-order valence-electron chi connectivity index (χ2n) is 5.32. The molecule has 1 N–H and O–H groups in total. The van der Waals surface area contributed by atoms with E-state index in [2.05, 4.69) is 5.32 Å². The van der Waals surface area contributed by atoms with Crippen LogP contribution < -0.4 is 10.1 Å². The molecule has 3 nitrogen and oxygen atoms in total. The summed E-state index contributed by atoms with van der Waals surface area (Å²) in [6.45, 7) is 9.07. The zero-order chi connectivity index (χ0) is 15.8. The highest BCUT2D eigenvalue weighted by atomic mass is 19.1. The van der Waals surface area contributed by atoms with Crippen molar-refractivity contribution in [3.8, 4) is 5.75 Å². The van der Waals surface area contributed by atoms with E-state index in [1.54, 1.807) is 18.2 Å². The summed E-state index contributed by atoms with van der Waals surface area (Å²) >= 11 is 0. The number of hydrogen-bond acceptors (Lipinski definition) is 3. The maximum Gasteiger partial charge on any atom is 0.165 e. The molecular formula is C17H24FNO2. The molecule has 1 aromatic carbocycles. The molecule has 0 radical (unpaired) electrons. The van der Waals surface area contributed by atoms with Gasteiger partial charge in [-0.2, -0.15) is 0 Å². The predicted octanol–water partition coefficient (Wildman–Crippen LogP) is 3.44. The van der Waals surface area contributed by atoms with E-state index < -0.39 is 5.82 Å². The van der Waals surface area contributed by atoms with Crippen molar-refractivity contribution in [1.29, 1.82) is 0 Å². The number of ketones is 1. The highest BCUT2D eigenvalue weighted by molar-refractivity contribution is 5.94. The highest BCUT2D eigenvalue weighted by Gasteiger charge is 2.09. The van der Waals surface area contributed by atoms with Crippen LogP contribution in [0.15, 0.2) is 24.3 Å². The van der Waals surface area contributed by atoms with Crippen LogP contribution in [-0.2, 0) is 4.79 Å². The summed E-state index contributed by atoms with van der Waals surface area (Å²) in [7, 11) is 0. The molecule has 0 aliphatic heterocycles. The Morgan fingerprint density at radius 3 is 2.71 bits per heavy atom. The predicted molar refractivity (Wildman–Crippen MR) is 83.9 cm³/mol. The summed E-state index contributed by atoms with van der Waals surface area (Å²) in [5, 5.41) is 3.15. The summed E-state index contributed by atoms with van der Waals surface area (Å²) in [4.78, 5) is 11.6. The molecule has 1 aromatic rings. The third-order valence-electron chi connectivity index (χ3n) is 2.97. The average molecular weight is 293 g/mol. The smallest absolute Gasteiger partial charge is 0.165 e. The number of carbonyl (C=O) groups excluding carboxylic acids is 1. The first-order valence-corrected chi connectivity index (χ1v) is 7.32. The molecule has 0 fully saturated rings. The SMILES string of the molecule is CCNC[C@@H](C)Oc1cc(/C=C/C(=O)C(C)C)ccc1F. The molecule has 0 bridgehead atoms. The van der Waals surface area contributed by atoms with Crippen LogP contribution in [0.2, 0.25) is 0 Å². The second kappa shape index (κ2) is 8.57. The van der Waals surface area contributed by atoms with Crippen LogP contribution >= 0.6 is 0 Å². The Bertz CT molecular complexity index is 498. The maximum absolute atomic E-state index is 13.7. The fraction of sp³-hybridized carbons (Fsp3) is 0.471. The molecule has 0 saturated heterocycles. The van der Waals surface area contributed by atoms with Crippen LogP contribution in [0.1, 0.15) is 33.3 Å². The third kappa shape index (κ3) is 6.08. The van der Waals surface area contributed by atoms with Crippen molar-refractivity contribution in [3.63, 3.8) is 0 Å². The Hall–Kier alpha value is -1.68. The first kappa shape index (κ1) is 17.4. The van der Waals surface area contributed by atoms with Gasteiger partial charge in [-0.25, -0.2) is 4.39 Å². The molecule has 21 heavy (non-hydrogen) atoms. The minimum Gasteiger partial charge on any atom is -0.486 e. The molecule has 0 aliphatic rings. The first-order valence-electron chi connectivity index (χ1n) is 7.32. The lowest BCUT2D eigenvalue weighted by Gasteiger charge is -2.15. The Morgan fingerprint density at radius 1 is 1.38 bits per heavy atom. The van der Waals surface area contributed by atoms with E-state index in [0.717, 1.165) is 12.1 Å². The van der Waals surface area contributed by atoms with Gasteiger partial charge in [0, 0.05) is 12.5 Å². The van der Waals surface area contributed by atoms with Crippen LogP contribution in [0.3, 0.4) is 0 Å². The summed E-state index contributed by atoms with van der Waals surface area (Å²) in [5.41, 5.74) is 0.746. The molecule has 0 spiro atoms. The number of likely N-dealkylation sites (N-methyl/N-ethyl adjacent to an activating group) is 1. The summed E-state index contributed by atoms with van der Waals surface area (Å²) in [5.74, 6) is -0.190. The number of benzene rings is 1. The van der Waals surface area contributed by atoms with Crippen LogP contribution in [0, 0.1) is 11.7 Å². The minimum atomic E-state index is -0.398. The number of nitrogens with one attached hydrogen (secondary N) is 1. The summed E-state index contributed by atoms with van der Waals surface area (Å²) < 4.78 is 19.3. The molecule has 1 atom stereocenters. The van der Waals surface area contributed by atoms with Crippen LogP contribution in [0.4, 0.5) is 4.39 Å². The lowest BCUT2D eigenvalue weighted by molar-refractivity contribution is -0.117. The number of ether oxygens (including phenoxy) is 1. The number of rotatable bonds is 8. The Morgan fingerprint density at radius 2 is 2.10 bits per heavy atom. The fourth-order valence-corrected chi connectivity index (χ4v) is 1.69. The van der Waals surface area contributed by atoms with Crippen molar-refractivity contribution in [1.82, 2.24) is 5.32 Å². The van der Waals surface area contributed by atoms with Gasteiger partial charge in [-0.15, -0.1) is 0 Å². The van der Waals surface area contributed by atoms with Gasteiger partial charge in [-0.05, 0) is 37.2 Å². The molecule has 0 aliphatic carbocycles. The van der Waals surface area contributed by atoms with Gasteiger partial charge in [-0.3, -0.25) is 4.79 Å². The number of hydrogen-bond donors (Lipinski definition) is 1. The van der Waals surface area contributed by atoms with E-state index in [-0.39, 0.29) is 23.6 Å². The van der Waals surface area contributed by atoms with Gasteiger partial charge >= 0.3 is 0 Å². The Balaban J connectivity index is 2.77. The van der Waals surface area contributed by atoms with Crippen molar-refractivity contribution in [3.05, 3.63) is 35.7 Å². The number of allylic oxidation sites excluding steroid dienone is 1. The van der Waals surface area contributed by atoms with Crippen molar-refractivity contribution in [2.24, 2.45) is 5.92 Å². The number of halogens is 1. The zero-order valence-corrected chi connectivity index (χ0v) is 13.2. The highest BCUT2D eigenvalue weighted by Crippen LogP contribution is 2.21. The normalized spacial score (nSPS) is 12.9. The molecule has 0 heterocycles. The standard InChI is InChI=1S/C17H24FNO2/c1-5-19-11-13(4)21-17-10-14(6-8-15(17)18)7-9-16(20)12(2)3/h6-10,12-13,19H,5,11H2,1-4H3/b9-7+/t13-/m1/s1. The van der Waals surface area contributed by atoms with Gasteiger partial charge in [0.25, 0.3) is 0 Å². The monoisotopic (exact) mass is 293 g/mol. The Labute approximate surface area is 126 Å². The molecule has 1 rings (SSSR count). The average Bonchev–Trinajstić information content (AvgIpc) is 2.45. The molecule has 0 amide bonds. The van der Waals surface area contributed by atoms with Crippen molar-refractivity contribution < 1.29 is 13.9 Å². The Kier molecular flexibility index (Phi) is 7.09. The van der Waals surface area contributed by atoms with E-state index in [1.165, 1.54) is 12.1 Å². The summed E-state index contributed by atoms with van der Waals surface area (Å²) in [6.07, 6.45) is 3.07. The topological polar surface area (TPSA) is 38.3 Å². The van der Waals surface area contributed by atoms with Gasteiger partial charge in [-0.1, -0.05) is 32.9 Å². The molecule has 0 aromatic heterocycles. The van der Waals surface area contributed by atoms with Gasteiger partial charge in [0.05, 0.1) is 0 Å². The quantitative estimate of drug-likeness (QED) is 0.746. The third-order valence-corrected chi connectivity index (χ3v) is 2.97. The largest absolute Gasteiger partial charge is 0.486 e. The molecule has 4 heteroatoms. The fourth-order valence-electron chi connectivity index (χ4n) is 1.69. The van der Waals surface area contributed by atoms with Crippen LogP contribution in [-0.4, -0.2) is 25.0 Å². The van der Waals surface area contributed by atoms with E-state index in [1.807, 2.05) is 27.7 Å². The van der Waals surface area contributed by atoms with Crippen molar-refractivity contribution in [2.45, 2.75) is 33.8 Å². The molecular weight excluding hydrogens is 269 g/mol. The van der Waals surface area contributed by atoms with Gasteiger partial charge in [0.15, 0.2) is 17.3 Å². The van der Waals surface area contributed by atoms with Gasteiger partial charge < -0.3 is 10.1 Å². The van der Waals surface area contributed by atoms with Gasteiger partial charge in [0.1, 0.15) is 6.10 Å². The van der Waals surface area contributed by atoms with E-state index in [9.17, 15) is 9.18 Å². The zero-order valence-electron chi connectivity index (χ0n) is 13.2. The molecule has 0 saturated carbocycles. The summed E-state index contributed by atoms with van der Waals surface area (Å²) in [6, 6.07) is 4.60.